The highest BCUT2D eigenvalue weighted by Crippen LogP contribution is 2.25. The van der Waals surface area contributed by atoms with Crippen molar-refractivity contribution in [2.24, 2.45) is 0 Å². The van der Waals surface area contributed by atoms with Crippen LogP contribution in [0.25, 0.3) is 10.2 Å². The van der Waals surface area contributed by atoms with Gasteiger partial charge in [0.15, 0.2) is 6.61 Å². The molecule has 0 aliphatic rings. The summed E-state index contributed by atoms with van der Waals surface area (Å²) in [6.45, 7) is 0.416. The number of fused-ring (bicyclic) bond motifs is 1. The van der Waals surface area contributed by atoms with Gasteiger partial charge in [0.2, 0.25) is 5.88 Å². The largest absolute Gasteiger partial charge is 0.497 e. The van der Waals surface area contributed by atoms with Crippen LogP contribution in [0.15, 0.2) is 42.0 Å². The van der Waals surface area contributed by atoms with Crippen molar-refractivity contribution in [3.8, 4) is 11.6 Å². The molecule has 0 atom stereocenters. The number of hydrogen-bond acceptors (Lipinski definition) is 6. The molecule has 7 heteroatoms. The van der Waals surface area contributed by atoms with E-state index in [9.17, 15) is 4.79 Å². The minimum Gasteiger partial charge on any atom is -0.497 e. The van der Waals surface area contributed by atoms with Crippen molar-refractivity contribution in [2.75, 3.05) is 20.8 Å². The molecule has 0 fully saturated rings. The van der Waals surface area contributed by atoms with Crippen LogP contribution in [0.1, 0.15) is 5.56 Å². The van der Waals surface area contributed by atoms with Gasteiger partial charge in [-0.2, -0.15) is 0 Å². The second kappa shape index (κ2) is 7.27. The Labute approximate surface area is 143 Å². The van der Waals surface area contributed by atoms with Gasteiger partial charge >= 0.3 is 0 Å². The first-order valence-electron chi connectivity index (χ1n) is 7.35. The first kappa shape index (κ1) is 16.2. The second-order valence-corrected chi connectivity index (χ2v) is 6.10. The Kier molecular flexibility index (Phi) is 4.90. The summed E-state index contributed by atoms with van der Waals surface area (Å²) in [5.74, 6) is 1.08. The van der Waals surface area contributed by atoms with E-state index in [1.807, 2.05) is 35.7 Å². The Bertz CT molecular complexity index is 850. The molecule has 0 bridgehead atoms. The standard InChI is InChI=1S/C17H17N3O3S/c1-20(9-12-4-3-5-13(8-12)22-2)15(21)10-23-16-14-6-7-24-17(14)19-11-18-16/h3-8,11H,9-10H2,1-2H3. The Morgan fingerprint density at radius 2 is 2.17 bits per heavy atom. The lowest BCUT2D eigenvalue weighted by Gasteiger charge is -2.17. The fourth-order valence-corrected chi connectivity index (χ4v) is 2.98. The topological polar surface area (TPSA) is 64.5 Å². The lowest BCUT2D eigenvalue weighted by molar-refractivity contribution is -0.132. The summed E-state index contributed by atoms with van der Waals surface area (Å²) < 4.78 is 10.8. The third-order valence-electron chi connectivity index (χ3n) is 3.54. The van der Waals surface area contributed by atoms with Crippen molar-refractivity contribution >= 4 is 27.5 Å². The van der Waals surface area contributed by atoms with Gasteiger partial charge in [0, 0.05) is 13.6 Å². The summed E-state index contributed by atoms with van der Waals surface area (Å²) in [5, 5.41) is 2.74. The molecule has 2 heterocycles. The maximum Gasteiger partial charge on any atom is 0.260 e. The number of ether oxygens (including phenoxy) is 2. The molecule has 3 aromatic rings. The lowest BCUT2D eigenvalue weighted by Crippen LogP contribution is -2.31. The molecule has 0 N–H and O–H groups in total. The van der Waals surface area contributed by atoms with Crippen LogP contribution in [0.2, 0.25) is 0 Å². The molecule has 1 amide bonds. The van der Waals surface area contributed by atoms with E-state index >= 15 is 0 Å². The predicted octanol–water partition coefficient (Wildman–Crippen LogP) is 2.74. The highest BCUT2D eigenvalue weighted by atomic mass is 32.1. The number of likely N-dealkylation sites (N-methyl/N-ethyl adjacent to an activating group) is 1. The van der Waals surface area contributed by atoms with Crippen molar-refractivity contribution in [1.29, 1.82) is 0 Å². The smallest absolute Gasteiger partial charge is 0.260 e. The number of carbonyl (C=O) groups excluding carboxylic acids is 1. The average Bonchev–Trinajstić information content (AvgIpc) is 3.09. The minimum atomic E-state index is -0.125. The van der Waals surface area contributed by atoms with E-state index in [-0.39, 0.29) is 12.5 Å². The number of nitrogens with zero attached hydrogens (tertiary/aromatic N) is 3. The molecule has 0 saturated heterocycles. The van der Waals surface area contributed by atoms with Gasteiger partial charge in [0.1, 0.15) is 16.9 Å². The van der Waals surface area contributed by atoms with Gasteiger partial charge in [0.25, 0.3) is 5.91 Å². The van der Waals surface area contributed by atoms with Crippen molar-refractivity contribution in [1.82, 2.24) is 14.9 Å². The van der Waals surface area contributed by atoms with E-state index < -0.39 is 0 Å². The second-order valence-electron chi connectivity index (χ2n) is 5.21. The fourth-order valence-electron chi connectivity index (χ4n) is 2.26. The molecule has 0 spiro atoms. The zero-order valence-corrected chi connectivity index (χ0v) is 14.2. The van der Waals surface area contributed by atoms with Gasteiger partial charge in [-0.05, 0) is 29.1 Å². The Balaban J connectivity index is 1.61. The summed E-state index contributed by atoms with van der Waals surface area (Å²) >= 11 is 1.51. The monoisotopic (exact) mass is 343 g/mol. The summed E-state index contributed by atoms with van der Waals surface area (Å²) in [6.07, 6.45) is 1.44. The number of methoxy groups -OCH3 is 1. The van der Waals surface area contributed by atoms with Gasteiger partial charge in [-0.3, -0.25) is 4.79 Å². The van der Waals surface area contributed by atoms with Gasteiger partial charge < -0.3 is 14.4 Å². The number of amides is 1. The Morgan fingerprint density at radius 3 is 3.00 bits per heavy atom. The molecule has 24 heavy (non-hydrogen) atoms. The van der Waals surface area contributed by atoms with Crippen LogP contribution in [0.4, 0.5) is 0 Å². The molecule has 0 radical (unpaired) electrons. The van der Waals surface area contributed by atoms with E-state index in [2.05, 4.69) is 9.97 Å². The van der Waals surface area contributed by atoms with Crippen molar-refractivity contribution in [3.05, 3.63) is 47.6 Å². The normalized spacial score (nSPS) is 10.6. The number of carbonyl (C=O) groups is 1. The van der Waals surface area contributed by atoms with Crippen LogP contribution in [-0.4, -0.2) is 41.5 Å². The minimum absolute atomic E-state index is 0.0670. The van der Waals surface area contributed by atoms with E-state index in [0.717, 1.165) is 21.5 Å². The van der Waals surface area contributed by atoms with Gasteiger partial charge in [-0.25, -0.2) is 9.97 Å². The molecule has 6 nitrogen and oxygen atoms in total. The summed E-state index contributed by atoms with van der Waals surface area (Å²) in [7, 11) is 3.36. The van der Waals surface area contributed by atoms with Crippen LogP contribution in [-0.2, 0) is 11.3 Å². The highest BCUT2D eigenvalue weighted by molar-refractivity contribution is 7.16. The third kappa shape index (κ3) is 3.62. The van der Waals surface area contributed by atoms with Gasteiger partial charge in [-0.15, -0.1) is 11.3 Å². The SMILES string of the molecule is COc1cccc(CN(C)C(=O)COc2ncnc3sccc23)c1. The molecule has 0 aliphatic carbocycles. The zero-order valence-electron chi connectivity index (χ0n) is 13.4. The number of rotatable bonds is 6. The number of hydrogen-bond donors (Lipinski definition) is 0. The first-order valence-corrected chi connectivity index (χ1v) is 8.23. The molecule has 0 saturated carbocycles. The third-order valence-corrected chi connectivity index (χ3v) is 4.36. The predicted molar refractivity (Wildman–Crippen MR) is 92.4 cm³/mol. The van der Waals surface area contributed by atoms with E-state index in [0.29, 0.717) is 12.4 Å². The van der Waals surface area contributed by atoms with Crippen LogP contribution < -0.4 is 9.47 Å². The van der Waals surface area contributed by atoms with Crippen molar-refractivity contribution < 1.29 is 14.3 Å². The van der Waals surface area contributed by atoms with Gasteiger partial charge in [-0.1, -0.05) is 12.1 Å². The van der Waals surface area contributed by atoms with E-state index in [4.69, 9.17) is 9.47 Å². The van der Waals surface area contributed by atoms with Gasteiger partial charge in [0.05, 0.1) is 12.5 Å². The first-order chi connectivity index (χ1) is 11.7. The number of aromatic nitrogens is 2. The number of thiophene rings is 1. The van der Waals surface area contributed by atoms with Crippen molar-refractivity contribution in [2.45, 2.75) is 6.54 Å². The maximum atomic E-state index is 12.3. The molecular weight excluding hydrogens is 326 g/mol. The summed E-state index contributed by atoms with van der Waals surface area (Å²) in [5.41, 5.74) is 0.993. The molecule has 3 rings (SSSR count). The highest BCUT2D eigenvalue weighted by Gasteiger charge is 2.13. The maximum absolute atomic E-state index is 12.3. The Hall–Kier alpha value is -2.67. The molecular formula is C17H17N3O3S. The number of benzene rings is 1. The molecule has 0 aliphatic heterocycles. The molecule has 1 aromatic carbocycles. The Morgan fingerprint density at radius 1 is 1.29 bits per heavy atom. The quantitative estimate of drug-likeness (QED) is 0.688. The molecule has 2 aromatic heterocycles. The van der Waals surface area contributed by atoms with Crippen LogP contribution >= 0.6 is 11.3 Å². The lowest BCUT2D eigenvalue weighted by atomic mass is 10.2. The van der Waals surface area contributed by atoms with E-state index in [1.54, 1.807) is 19.1 Å². The summed E-state index contributed by atoms with van der Waals surface area (Å²) in [4.78, 5) is 23.0. The summed E-state index contributed by atoms with van der Waals surface area (Å²) in [6, 6.07) is 9.52. The molecule has 124 valence electrons. The molecule has 0 unspecified atom stereocenters. The van der Waals surface area contributed by atoms with Crippen LogP contribution in [0, 0.1) is 0 Å². The van der Waals surface area contributed by atoms with Crippen LogP contribution in [0.3, 0.4) is 0 Å². The van der Waals surface area contributed by atoms with E-state index in [1.165, 1.54) is 17.7 Å². The zero-order chi connectivity index (χ0) is 16.9. The van der Waals surface area contributed by atoms with Crippen LogP contribution in [0.5, 0.6) is 11.6 Å². The fraction of sp³-hybridized carbons (Fsp3) is 0.235. The average molecular weight is 343 g/mol. The van der Waals surface area contributed by atoms with Crippen molar-refractivity contribution in [3.63, 3.8) is 0 Å².